The molecule has 1 aliphatic rings. The van der Waals surface area contributed by atoms with Crippen LogP contribution in [0.1, 0.15) is 23.8 Å². The van der Waals surface area contributed by atoms with Crippen LogP contribution in [0.15, 0.2) is 29.3 Å². The molecule has 1 saturated carbocycles. The normalized spacial score (nSPS) is 25.9. The number of carbonyl (C=O) groups excluding carboxylic acids is 1. The fraction of sp³-hybridized carbons (Fsp3) is 0.438. The predicted octanol–water partition coefficient (Wildman–Crippen LogP) is 0.354. The van der Waals surface area contributed by atoms with Crippen LogP contribution in [0.2, 0.25) is 0 Å². The minimum absolute atomic E-state index is 0.0930. The molecule has 4 unspecified atom stereocenters. The number of amides is 1. The minimum Gasteiger partial charge on any atom is -0.396 e. The molecule has 2 aromatic rings. The molecule has 1 fully saturated rings. The lowest BCUT2D eigenvalue weighted by Crippen LogP contribution is -2.34. The maximum atomic E-state index is 11.9. The van der Waals surface area contributed by atoms with Crippen molar-refractivity contribution in [3.05, 3.63) is 29.3 Å². The standard InChI is InChI=1S/C16H20N4O3S/c17-14(19-9-5-8(7-21)11(22)6-9)13(15(18)23)16-20-10-3-1-2-4-12(10)24-16/h1-4,8-9,11,13,21-22H,5-7H2,(H2,17,19)(H2,18,23). The molecule has 1 aromatic heterocycles. The van der Waals surface area contributed by atoms with Crippen LogP contribution in [0.25, 0.3) is 10.2 Å². The predicted molar refractivity (Wildman–Crippen MR) is 92.8 cm³/mol. The zero-order chi connectivity index (χ0) is 17.3. The summed E-state index contributed by atoms with van der Waals surface area (Å²) in [5.41, 5.74) is 12.4. The zero-order valence-corrected chi connectivity index (χ0v) is 13.8. The van der Waals surface area contributed by atoms with E-state index in [1.54, 1.807) is 0 Å². The Labute approximate surface area is 143 Å². The molecule has 8 heteroatoms. The fourth-order valence-corrected chi connectivity index (χ4v) is 4.16. The van der Waals surface area contributed by atoms with Crippen molar-refractivity contribution in [3.63, 3.8) is 0 Å². The van der Waals surface area contributed by atoms with Gasteiger partial charge in [0.1, 0.15) is 16.8 Å². The highest BCUT2D eigenvalue weighted by Crippen LogP contribution is 2.31. The first-order valence-corrected chi connectivity index (χ1v) is 8.58. The number of thiazole rings is 1. The summed E-state index contributed by atoms with van der Waals surface area (Å²) in [6.07, 6.45) is 0.340. The van der Waals surface area contributed by atoms with Crippen LogP contribution in [-0.2, 0) is 4.79 Å². The lowest BCUT2D eigenvalue weighted by molar-refractivity contribution is -0.118. The van der Waals surface area contributed by atoms with Crippen molar-refractivity contribution in [2.45, 2.75) is 30.9 Å². The summed E-state index contributed by atoms with van der Waals surface area (Å²) in [6.45, 7) is -0.0930. The van der Waals surface area contributed by atoms with Crippen molar-refractivity contribution >= 4 is 33.3 Å². The second-order valence-electron chi connectivity index (χ2n) is 6.04. The van der Waals surface area contributed by atoms with Gasteiger partial charge in [-0.05, 0) is 25.0 Å². The van der Waals surface area contributed by atoms with Gasteiger partial charge < -0.3 is 21.7 Å². The van der Waals surface area contributed by atoms with Crippen molar-refractivity contribution in [2.24, 2.45) is 22.4 Å². The van der Waals surface area contributed by atoms with Crippen molar-refractivity contribution in [1.82, 2.24) is 4.98 Å². The van der Waals surface area contributed by atoms with Crippen LogP contribution in [0, 0.1) is 5.92 Å². The Morgan fingerprint density at radius 1 is 1.38 bits per heavy atom. The van der Waals surface area contributed by atoms with E-state index in [1.165, 1.54) is 11.3 Å². The molecule has 6 N–H and O–H groups in total. The van der Waals surface area contributed by atoms with E-state index in [9.17, 15) is 15.0 Å². The molecule has 4 atom stereocenters. The first-order chi connectivity index (χ1) is 11.5. The molecule has 0 saturated heterocycles. The van der Waals surface area contributed by atoms with Gasteiger partial charge in [0, 0.05) is 12.5 Å². The molecular formula is C16H20N4O3S. The summed E-state index contributed by atoms with van der Waals surface area (Å²) in [5.74, 6) is -1.58. The third-order valence-electron chi connectivity index (χ3n) is 4.34. The number of nitrogens with zero attached hydrogens (tertiary/aromatic N) is 2. The Kier molecular flexibility index (Phi) is 4.79. The summed E-state index contributed by atoms with van der Waals surface area (Å²) in [6, 6.07) is 7.32. The van der Waals surface area contributed by atoms with E-state index in [4.69, 9.17) is 11.5 Å². The summed E-state index contributed by atoms with van der Waals surface area (Å²) in [5, 5.41) is 19.6. The minimum atomic E-state index is -0.882. The average molecular weight is 348 g/mol. The lowest BCUT2D eigenvalue weighted by Gasteiger charge is -2.12. The Morgan fingerprint density at radius 3 is 2.75 bits per heavy atom. The third-order valence-corrected chi connectivity index (χ3v) is 5.44. The van der Waals surface area contributed by atoms with Gasteiger partial charge in [-0.25, -0.2) is 4.98 Å². The van der Waals surface area contributed by atoms with Gasteiger partial charge in [-0.2, -0.15) is 0 Å². The molecule has 0 radical (unpaired) electrons. The van der Waals surface area contributed by atoms with Crippen LogP contribution >= 0.6 is 11.3 Å². The highest BCUT2D eigenvalue weighted by Gasteiger charge is 2.34. The van der Waals surface area contributed by atoms with E-state index >= 15 is 0 Å². The number of aliphatic imine (C=N–C) groups is 1. The summed E-state index contributed by atoms with van der Waals surface area (Å²) >= 11 is 1.36. The smallest absolute Gasteiger partial charge is 0.235 e. The number of benzene rings is 1. The molecule has 0 bridgehead atoms. The number of nitrogens with two attached hydrogens (primary N) is 2. The Bertz CT molecular complexity index is 743. The number of fused-ring (bicyclic) bond motifs is 1. The van der Waals surface area contributed by atoms with E-state index in [0.29, 0.717) is 17.8 Å². The van der Waals surface area contributed by atoms with Crippen LogP contribution in [0.5, 0.6) is 0 Å². The average Bonchev–Trinajstić information content (AvgIpc) is 3.09. The SMILES string of the molecule is NC(=O)C(C(N)=NC1CC(O)C(CO)C1)c1nc2ccccc2s1. The lowest BCUT2D eigenvalue weighted by atomic mass is 10.1. The molecule has 7 nitrogen and oxygen atoms in total. The highest BCUT2D eigenvalue weighted by molar-refractivity contribution is 7.18. The topological polar surface area (TPSA) is 135 Å². The van der Waals surface area contributed by atoms with Gasteiger partial charge in [0.05, 0.1) is 22.4 Å². The summed E-state index contributed by atoms with van der Waals surface area (Å²) in [7, 11) is 0. The van der Waals surface area contributed by atoms with E-state index in [2.05, 4.69) is 9.98 Å². The molecule has 1 aromatic carbocycles. The molecule has 3 rings (SSSR count). The molecule has 0 spiro atoms. The van der Waals surface area contributed by atoms with E-state index in [0.717, 1.165) is 10.2 Å². The Hall–Kier alpha value is -2.03. The van der Waals surface area contributed by atoms with Gasteiger partial charge in [0.2, 0.25) is 5.91 Å². The van der Waals surface area contributed by atoms with E-state index in [1.807, 2.05) is 24.3 Å². The molecule has 128 valence electrons. The van der Waals surface area contributed by atoms with E-state index < -0.39 is 17.9 Å². The molecule has 1 amide bonds. The van der Waals surface area contributed by atoms with Crippen molar-refractivity contribution in [3.8, 4) is 0 Å². The number of amidine groups is 1. The number of hydrogen-bond donors (Lipinski definition) is 4. The number of primary amides is 1. The maximum absolute atomic E-state index is 11.9. The molecule has 1 heterocycles. The molecule has 0 aliphatic heterocycles. The van der Waals surface area contributed by atoms with Gasteiger partial charge in [-0.15, -0.1) is 11.3 Å². The number of hydrogen-bond acceptors (Lipinski definition) is 6. The number of para-hydroxylation sites is 1. The van der Waals surface area contributed by atoms with E-state index in [-0.39, 0.29) is 24.4 Å². The number of aromatic nitrogens is 1. The number of rotatable bonds is 5. The van der Waals surface area contributed by atoms with Crippen molar-refractivity contribution in [1.29, 1.82) is 0 Å². The largest absolute Gasteiger partial charge is 0.396 e. The highest BCUT2D eigenvalue weighted by atomic mass is 32.1. The first-order valence-electron chi connectivity index (χ1n) is 7.76. The Balaban J connectivity index is 1.87. The first kappa shape index (κ1) is 16.8. The van der Waals surface area contributed by atoms with Crippen LogP contribution in [0.3, 0.4) is 0 Å². The van der Waals surface area contributed by atoms with Gasteiger partial charge in [-0.3, -0.25) is 9.79 Å². The summed E-state index contributed by atoms with van der Waals surface area (Å²) < 4.78 is 0.947. The van der Waals surface area contributed by atoms with Crippen LogP contribution in [0.4, 0.5) is 0 Å². The Morgan fingerprint density at radius 2 is 2.12 bits per heavy atom. The van der Waals surface area contributed by atoms with Gasteiger partial charge in [-0.1, -0.05) is 12.1 Å². The van der Waals surface area contributed by atoms with Crippen molar-refractivity contribution < 1.29 is 15.0 Å². The van der Waals surface area contributed by atoms with Gasteiger partial charge in [0.15, 0.2) is 0 Å². The number of carbonyl (C=O) groups is 1. The molecule has 24 heavy (non-hydrogen) atoms. The third kappa shape index (κ3) is 3.26. The monoisotopic (exact) mass is 348 g/mol. The number of aliphatic hydroxyl groups is 2. The second kappa shape index (κ2) is 6.84. The van der Waals surface area contributed by atoms with Crippen LogP contribution < -0.4 is 11.5 Å². The van der Waals surface area contributed by atoms with Gasteiger partial charge in [0.25, 0.3) is 0 Å². The van der Waals surface area contributed by atoms with Crippen molar-refractivity contribution in [2.75, 3.05) is 6.61 Å². The van der Waals surface area contributed by atoms with Crippen LogP contribution in [-0.4, -0.2) is 45.7 Å². The maximum Gasteiger partial charge on any atom is 0.235 e. The molecule has 1 aliphatic carbocycles. The zero-order valence-electron chi connectivity index (χ0n) is 13.0. The molecular weight excluding hydrogens is 328 g/mol. The fourth-order valence-electron chi connectivity index (χ4n) is 3.07. The number of aliphatic hydroxyl groups excluding tert-OH is 2. The van der Waals surface area contributed by atoms with Gasteiger partial charge >= 0.3 is 0 Å². The second-order valence-corrected chi connectivity index (χ2v) is 7.11. The summed E-state index contributed by atoms with van der Waals surface area (Å²) in [4.78, 5) is 20.7. The quantitative estimate of drug-likeness (QED) is 0.457.